The van der Waals surface area contributed by atoms with Crippen LogP contribution in [0.4, 0.5) is 11.4 Å². The molecule has 0 aliphatic carbocycles. The molecule has 1 aliphatic heterocycles. The zero-order valence-electron chi connectivity index (χ0n) is 14.9. The Morgan fingerprint density at radius 1 is 1.14 bits per heavy atom. The predicted octanol–water partition coefficient (Wildman–Crippen LogP) is 3.29. The summed E-state index contributed by atoms with van der Waals surface area (Å²) >= 11 is 3.40. The molecule has 0 aromatic heterocycles. The number of imide groups is 1. The molecule has 0 saturated carbocycles. The molecular formula is C20H15IN2O5S. The quantitative estimate of drug-likeness (QED) is 0.343. The van der Waals surface area contributed by atoms with Gasteiger partial charge in [0.1, 0.15) is 0 Å². The highest BCUT2D eigenvalue weighted by atomic mass is 127. The molecule has 29 heavy (non-hydrogen) atoms. The number of carbonyl (C=O) groups is 4. The molecule has 148 valence electrons. The van der Waals surface area contributed by atoms with Crippen molar-refractivity contribution in [1.29, 1.82) is 0 Å². The van der Waals surface area contributed by atoms with E-state index in [1.165, 1.54) is 16.7 Å². The average Bonchev–Trinajstić information content (AvgIpc) is 2.94. The fourth-order valence-corrected chi connectivity index (χ4v) is 4.17. The minimum absolute atomic E-state index is 0.0907. The minimum Gasteiger partial charge on any atom is -0.478 e. The number of hydrogen-bond acceptors (Lipinski definition) is 5. The van der Waals surface area contributed by atoms with Crippen LogP contribution in [0.1, 0.15) is 6.42 Å². The van der Waals surface area contributed by atoms with Crippen molar-refractivity contribution in [2.75, 3.05) is 10.2 Å². The predicted molar refractivity (Wildman–Crippen MR) is 118 cm³/mol. The van der Waals surface area contributed by atoms with E-state index in [9.17, 15) is 19.2 Å². The van der Waals surface area contributed by atoms with Gasteiger partial charge < -0.3 is 10.4 Å². The summed E-state index contributed by atoms with van der Waals surface area (Å²) in [6.45, 7) is 0. The molecule has 7 nitrogen and oxygen atoms in total. The van der Waals surface area contributed by atoms with E-state index in [1.807, 2.05) is 12.1 Å². The smallest absolute Gasteiger partial charge is 0.328 e. The Morgan fingerprint density at radius 3 is 2.55 bits per heavy atom. The molecule has 2 aromatic carbocycles. The summed E-state index contributed by atoms with van der Waals surface area (Å²) < 4.78 is 1.01. The van der Waals surface area contributed by atoms with Crippen molar-refractivity contribution < 1.29 is 24.3 Å². The SMILES string of the molecule is O=C(O)/C=C/C(=O)Nc1cccc(SC2CC(=O)N(c3ccc(I)cc3)C2=O)c1. The van der Waals surface area contributed by atoms with Crippen LogP contribution in [-0.4, -0.2) is 34.0 Å². The summed E-state index contributed by atoms with van der Waals surface area (Å²) in [5, 5.41) is 10.6. The lowest BCUT2D eigenvalue weighted by atomic mass is 10.3. The van der Waals surface area contributed by atoms with Crippen LogP contribution in [0.15, 0.2) is 65.6 Å². The van der Waals surface area contributed by atoms with Gasteiger partial charge in [-0.25, -0.2) is 9.69 Å². The Bertz CT molecular complexity index is 1010. The lowest BCUT2D eigenvalue weighted by Gasteiger charge is -2.15. The van der Waals surface area contributed by atoms with Gasteiger partial charge in [0.2, 0.25) is 17.7 Å². The van der Waals surface area contributed by atoms with Crippen molar-refractivity contribution in [2.24, 2.45) is 0 Å². The second-order valence-electron chi connectivity index (χ2n) is 6.04. The number of carbonyl (C=O) groups excluding carboxylic acids is 3. The molecule has 3 rings (SSSR count). The fourth-order valence-electron chi connectivity index (χ4n) is 2.70. The fraction of sp³-hybridized carbons (Fsp3) is 0.100. The molecule has 2 N–H and O–H groups in total. The van der Waals surface area contributed by atoms with Gasteiger partial charge in [-0.2, -0.15) is 0 Å². The van der Waals surface area contributed by atoms with Gasteiger partial charge in [0.25, 0.3) is 0 Å². The molecule has 1 fully saturated rings. The summed E-state index contributed by atoms with van der Waals surface area (Å²) in [4.78, 5) is 49.3. The summed E-state index contributed by atoms with van der Waals surface area (Å²) in [5.74, 6) is -2.32. The number of amides is 3. The number of carboxylic acid groups (broad SMARTS) is 1. The summed E-state index contributed by atoms with van der Waals surface area (Å²) in [6, 6.07) is 14.0. The number of nitrogens with one attached hydrogen (secondary N) is 1. The molecular weight excluding hydrogens is 507 g/mol. The molecule has 1 heterocycles. The second kappa shape index (κ2) is 9.23. The Morgan fingerprint density at radius 2 is 1.86 bits per heavy atom. The minimum atomic E-state index is -1.22. The molecule has 2 aromatic rings. The van der Waals surface area contributed by atoms with Gasteiger partial charge in [0, 0.05) is 32.7 Å². The van der Waals surface area contributed by atoms with E-state index in [2.05, 4.69) is 27.9 Å². The maximum absolute atomic E-state index is 12.8. The first-order valence-corrected chi connectivity index (χ1v) is 10.4. The average molecular weight is 522 g/mol. The van der Waals surface area contributed by atoms with Crippen LogP contribution >= 0.6 is 34.4 Å². The zero-order chi connectivity index (χ0) is 21.0. The first-order chi connectivity index (χ1) is 13.8. The first kappa shape index (κ1) is 21.1. The topological polar surface area (TPSA) is 104 Å². The normalized spacial score (nSPS) is 16.4. The summed E-state index contributed by atoms with van der Waals surface area (Å²) in [7, 11) is 0. The van der Waals surface area contributed by atoms with Crippen LogP contribution in [0.25, 0.3) is 0 Å². The van der Waals surface area contributed by atoms with Crippen LogP contribution in [0.2, 0.25) is 0 Å². The number of benzene rings is 2. The number of rotatable bonds is 6. The molecule has 1 aliphatic rings. The van der Waals surface area contributed by atoms with E-state index >= 15 is 0 Å². The van der Waals surface area contributed by atoms with Crippen molar-refractivity contribution in [3.8, 4) is 0 Å². The van der Waals surface area contributed by atoms with E-state index in [-0.39, 0.29) is 18.2 Å². The van der Waals surface area contributed by atoms with E-state index < -0.39 is 17.1 Å². The first-order valence-electron chi connectivity index (χ1n) is 8.44. The van der Waals surface area contributed by atoms with Crippen molar-refractivity contribution in [1.82, 2.24) is 0 Å². The van der Waals surface area contributed by atoms with Gasteiger partial charge in [-0.1, -0.05) is 6.07 Å². The standard InChI is InChI=1S/C20H15IN2O5S/c21-12-4-6-14(7-5-12)23-18(25)11-16(20(23)28)29-15-3-1-2-13(10-15)22-17(24)8-9-19(26)27/h1-10,16H,11H2,(H,22,24)(H,26,27)/b9-8+. The van der Waals surface area contributed by atoms with Crippen molar-refractivity contribution >= 4 is 69.4 Å². The van der Waals surface area contributed by atoms with Crippen LogP contribution in [-0.2, 0) is 19.2 Å². The van der Waals surface area contributed by atoms with Gasteiger partial charge in [0.15, 0.2) is 0 Å². The molecule has 3 amide bonds. The van der Waals surface area contributed by atoms with Crippen LogP contribution in [0, 0.1) is 3.57 Å². The highest BCUT2D eigenvalue weighted by Gasteiger charge is 2.40. The Hall–Kier alpha value is -2.66. The van der Waals surface area contributed by atoms with E-state index in [0.29, 0.717) is 16.3 Å². The van der Waals surface area contributed by atoms with Gasteiger partial charge >= 0.3 is 5.97 Å². The Labute approximate surface area is 184 Å². The molecule has 1 atom stereocenters. The molecule has 0 radical (unpaired) electrons. The lowest BCUT2D eigenvalue weighted by molar-refractivity contribution is -0.131. The molecule has 1 saturated heterocycles. The number of carboxylic acids is 1. The van der Waals surface area contributed by atoms with Gasteiger partial charge in [0.05, 0.1) is 10.9 Å². The van der Waals surface area contributed by atoms with Gasteiger partial charge in [-0.3, -0.25) is 14.4 Å². The van der Waals surface area contributed by atoms with E-state index in [4.69, 9.17) is 5.11 Å². The highest BCUT2D eigenvalue weighted by Crippen LogP contribution is 2.34. The number of nitrogens with zero attached hydrogens (tertiary/aromatic N) is 1. The monoisotopic (exact) mass is 522 g/mol. The van der Waals surface area contributed by atoms with Gasteiger partial charge in [-0.05, 0) is 65.1 Å². The number of thioether (sulfide) groups is 1. The van der Waals surface area contributed by atoms with Crippen molar-refractivity contribution in [2.45, 2.75) is 16.6 Å². The number of hydrogen-bond donors (Lipinski definition) is 2. The third-order valence-corrected chi connectivity index (χ3v) is 5.85. The maximum Gasteiger partial charge on any atom is 0.328 e. The third kappa shape index (κ3) is 5.45. The highest BCUT2D eigenvalue weighted by molar-refractivity contribution is 14.1. The molecule has 0 bridgehead atoms. The van der Waals surface area contributed by atoms with Crippen molar-refractivity contribution in [3.63, 3.8) is 0 Å². The Kier molecular flexibility index (Phi) is 6.70. The lowest BCUT2D eigenvalue weighted by Crippen LogP contribution is -2.31. The van der Waals surface area contributed by atoms with Crippen molar-refractivity contribution in [3.05, 3.63) is 64.3 Å². The zero-order valence-corrected chi connectivity index (χ0v) is 17.8. The number of anilines is 2. The van der Waals surface area contributed by atoms with Crippen LogP contribution in [0.5, 0.6) is 0 Å². The van der Waals surface area contributed by atoms with E-state index in [1.54, 1.807) is 36.4 Å². The van der Waals surface area contributed by atoms with Crippen LogP contribution in [0.3, 0.4) is 0 Å². The summed E-state index contributed by atoms with van der Waals surface area (Å²) in [5.41, 5.74) is 1.01. The van der Waals surface area contributed by atoms with Crippen LogP contribution < -0.4 is 10.2 Å². The molecule has 0 spiro atoms. The second-order valence-corrected chi connectivity index (χ2v) is 8.56. The van der Waals surface area contributed by atoms with E-state index in [0.717, 1.165) is 15.7 Å². The molecule has 9 heteroatoms. The number of aliphatic carboxylic acids is 1. The maximum atomic E-state index is 12.8. The third-order valence-electron chi connectivity index (χ3n) is 3.95. The number of halogens is 1. The Balaban J connectivity index is 1.69. The molecule has 1 unspecified atom stereocenters. The largest absolute Gasteiger partial charge is 0.478 e. The van der Waals surface area contributed by atoms with Gasteiger partial charge in [-0.15, -0.1) is 11.8 Å². The summed E-state index contributed by atoms with van der Waals surface area (Å²) in [6.07, 6.45) is 1.75.